The van der Waals surface area contributed by atoms with E-state index in [-0.39, 0.29) is 5.56 Å². The van der Waals surface area contributed by atoms with E-state index in [4.69, 9.17) is 22.1 Å². The van der Waals surface area contributed by atoms with Crippen molar-refractivity contribution in [2.45, 2.75) is 19.4 Å². The summed E-state index contributed by atoms with van der Waals surface area (Å²) in [6.07, 6.45) is 0. The van der Waals surface area contributed by atoms with E-state index in [2.05, 4.69) is 0 Å². The first-order chi connectivity index (χ1) is 9.75. The Bertz CT molecular complexity index is 730. The van der Waals surface area contributed by atoms with E-state index in [1.807, 2.05) is 19.9 Å². The molecule has 0 bridgehead atoms. The highest BCUT2D eigenvalue weighted by molar-refractivity contribution is 6.30. The Labute approximate surface area is 129 Å². The fourth-order valence-corrected chi connectivity index (χ4v) is 2.45. The van der Waals surface area contributed by atoms with Gasteiger partial charge in [-0.3, -0.25) is 4.79 Å². The molecule has 2 N–H and O–H groups in total. The van der Waals surface area contributed by atoms with E-state index in [1.165, 1.54) is 0 Å². The highest BCUT2D eigenvalue weighted by Gasteiger charge is 2.20. The van der Waals surface area contributed by atoms with Gasteiger partial charge >= 0.3 is 0 Å². The molecule has 4 nitrogen and oxygen atoms in total. The molecule has 21 heavy (non-hydrogen) atoms. The van der Waals surface area contributed by atoms with Crippen molar-refractivity contribution in [3.63, 3.8) is 0 Å². The van der Waals surface area contributed by atoms with Gasteiger partial charge in [0.15, 0.2) is 0 Å². The van der Waals surface area contributed by atoms with Crippen LogP contribution in [0.15, 0.2) is 35.1 Å². The number of hydrogen-bond donors (Lipinski definition) is 1. The van der Waals surface area contributed by atoms with Crippen LogP contribution in [0.5, 0.6) is 5.75 Å². The fourth-order valence-electron chi connectivity index (χ4n) is 2.28. The smallest absolute Gasteiger partial charge is 0.255 e. The van der Waals surface area contributed by atoms with Crippen LogP contribution in [-0.2, 0) is 12.6 Å². The van der Waals surface area contributed by atoms with E-state index in [0.717, 1.165) is 11.3 Å². The van der Waals surface area contributed by atoms with Crippen LogP contribution in [0.25, 0.3) is 11.3 Å². The quantitative estimate of drug-likeness (QED) is 0.948. The van der Waals surface area contributed by atoms with Gasteiger partial charge in [0.05, 0.1) is 12.8 Å². The van der Waals surface area contributed by atoms with Crippen molar-refractivity contribution in [1.29, 1.82) is 0 Å². The van der Waals surface area contributed by atoms with E-state index in [0.29, 0.717) is 16.3 Å². The zero-order valence-corrected chi connectivity index (χ0v) is 13.4. The van der Waals surface area contributed by atoms with Crippen LogP contribution in [0.3, 0.4) is 0 Å². The predicted molar refractivity (Wildman–Crippen MR) is 85.9 cm³/mol. The van der Waals surface area contributed by atoms with Crippen LogP contribution in [-0.4, -0.2) is 11.7 Å². The molecule has 2 aromatic rings. The lowest BCUT2D eigenvalue weighted by molar-refractivity contribution is 0.416. The van der Waals surface area contributed by atoms with E-state index < -0.39 is 5.54 Å². The molecule has 0 unspecified atom stereocenters. The maximum atomic E-state index is 12.5. The maximum Gasteiger partial charge on any atom is 0.255 e. The molecule has 0 saturated heterocycles. The molecule has 1 aromatic heterocycles. The molecule has 5 heteroatoms. The first-order valence-electron chi connectivity index (χ1n) is 6.59. The third kappa shape index (κ3) is 2.96. The van der Waals surface area contributed by atoms with Crippen molar-refractivity contribution >= 4 is 11.6 Å². The molecule has 0 aliphatic carbocycles. The van der Waals surface area contributed by atoms with Gasteiger partial charge < -0.3 is 15.0 Å². The molecule has 0 aliphatic rings. The van der Waals surface area contributed by atoms with Gasteiger partial charge in [0.1, 0.15) is 5.75 Å². The topological polar surface area (TPSA) is 57.2 Å². The van der Waals surface area contributed by atoms with Crippen molar-refractivity contribution in [3.8, 4) is 17.0 Å². The lowest BCUT2D eigenvalue weighted by Crippen LogP contribution is -2.37. The normalized spacial score (nSPS) is 11.5. The summed E-state index contributed by atoms with van der Waals surface area (Å²) in [6, 6.07) is 8.93. The van der Waals surface area contributed by atoms with Gasteiger partial charge in [-0.15, -0.1) is 0 Å². The minimum atomic E-state index is -0.689. The highest BCUT2D eigenvalue weighted by atomic mass is 35.5. The summed E-state index contributed by atoms with van der Waals surface area (Å²) < 4.78 is 6.92. The number of nitrogens with zero attached hydrogens (tertiary/aromatic N) is 1. The van der Waals surface area contributed by atoms with Crippen molar-refractivity contribution in [1.82, 2.24) is 4.57 Å². The number of halogens is 1. The van der Waals surface area contributed by atoms with Gasteiger partial charge in [0, 0.05) is 28.7 Å². The summed E-state index contributed by atoms with van der Waals surface area (Å²) in [6.45, 7) is 3.62. The number of pyridine rings is 1. The minimum Gasteiger partial charge on any atom is -0.496 e. The summed E-state index contributed by atoms with van der Waals surface area (Å²) in [5.74, 6) is 0.661. The first-order valence-corrected chi connectivity index (χ1v) is 6.97. The molecular formula is C16H19ClN2O2. The second kappa shape index (κ2) is 5.54. The zero-order chi connectivity index (χ0) is 15.8. The molecule has 0 atom stereocenters. The SMILES string of the molecule is COc1ccc(Cl)cc1-c1ccc(C(C)(C)N)c(=O)n1C. The third-order valence-electron chi connectivity index (χ3n) is 3.44. The Morgan fingerprint density at radius 2 is 1.90 bits per heavy atom. The molecule has 1 aromatic carbocycles. The predicted octanol–water partition coefficient (Wildman–Crippen LogP) is 2.91. The lowest BCUT2D eigenvalue weighted by Gasteiger charge is -2.21. The van der Waals surface area contributed by atoms with E-state index in [9.17, 15) is 4.79 Å². The molecular weight excluding hydrogens is 288 g/mol. The van der Waals surface area contributed by atoms with Crippen LogP contribution in [0, 0.1) is 0 Å². The largest absolute Gasteiger partial charge is 0.496 e. The van der Waals surface area contributed by atoms with Crippen LogP contribution >= 0.6 is 11.6 Å². The Morgan fingerprint density at radius 3 is 2.48 bits per heavy atom. The monoisotopic (exact) mass is 306 g/mol. The van der Waals surface area contributed by atoms with Gasteiger partial charge in [-0.2, -0.15) is 0 Å². The Balaban J connectivity index is 2.70. The Kier molecular flexibility index (Phi) is 4.12. The summed E-state index contributed by atoms with van der Waals surface area (Å²) in [5, 5.41) is 0.585. The standard InChI is InChI=1S/C16H19ClN2O2/c1-16(2,18)12-6-7-13(19(3)15(12)20)11-9-10(17)5-8-14(11)21-4/h5-9H,18H2,1-4H3. The van der Waals surface area contributed by atoms with Gasteiger partial charge in [0.25, 0.3) is 5.56 Å². The molecule has 0 spiro atoms. The van der Waals surface area contributed by atoms with Crippen LogP contribution < -0.4 is 16.0 Å². The lowest BCUT2D eigenvalue weighted by atomic mass is 9.96. The molecule has 112 valence electrons. The van der Waals surface area contributed by atoms with Crippen molar-refractivity contribution in [2.24, 2.45) is 12.8 Å². The third-order valence-corrected chi connectivity index (χ3v) is 3.67. The summed E-state index contributed by atoms with van der Waals surface area (Å²) in [4.78, 5) is 12.5. The van der Waals surface area contributed by atoms with Gasteiger partial charge in [-0.05, 0) is 44.2 Å². The molecule has 1 heterocycles. The Hall–Kier alpha value is -1.78. The number of benzene rings is 1. The molecule has 2 rings (SSSR count). The molecule has 0 radical (unpaired) electrons. The van der Waals surface area contributed by atoms with E-state index in [1.54, 1.807) is 43.0 Å². The number of hydrogen-bond acceptors (Lipinski definition) is 3. The minimum absolute atomic E-state index is 0.123. The number of ether oxygens (including phenoxy) is 1. The fraction of sp³-hybridized carbons (Fsp3) is 0.312. The second-order valence-electron chi connectivity index (χ2n) is 5.56. The molecule has 0 aliphatic heterocycles. The Morgan fingerprint density at radius 1 is 1.24 bits per heavy atom. The summed E-state index contributed by atoms with van der Waals surface area (Å²) in [5.41, 5.74) is 7.29. The summed E-state index contributed by atoms with van der Waals surface area (Å²) >= 11 is 6.06. The van der Waals surface area contributed by atoms with Crippen molar-refractivity contribution in [2.75, 3.05) is 7.11 Å². The molecule has 0 saturated carbocycles. The van der Waals surface area contributed by atoms with Gasteiger partial charge in [-0.25, -0.2) is 0 Å². The van der Waals surface area contributed by atoms with E-state index >= 15 is 0 Å². The van der Waals surface area contributed by atoms with Crippen molar-refractivity contribution < 1.29 is 4.74 Å². The number of rotatable bonds is 3. The van der Waals surface area contributed by atoms with Crippen LogP contribution in [0.2, 0.25) is 5.02 Å². The summed E-state index contributed by atoms with van der Waals surface area (Å²) in [7, 11) is 3.30. The number of aromatic nitrogens is 1. The number of nitrogens with two attached hydrogens (primary N) is 1. The molecule has 0 amide bonds. The van der Waals surface area contributed by atoms with Crippen LogP contribution in [0.4, 0.5) is 0 Å². The number of methoxy groups -OCH3 is 1. The maximum absolute atomic E-state index is 12.5. The van der Waals surface area contributed by atoms with Gasteiger partial charge in [0.2, 0.25) is 0 Å². The zero-order valence-electron chi connectivity index (χ0n) is 12.6. The highest BCUT2D eigenvalue weighted by Crippen LogP contribution is 2.32. The first kappa shape index (κ1) is 15.6. The average Bonchev–Trinajstić information content (AvgIpc) is 2.40. The van der Waals surface area contributed by atoms with Gasteiger partial charge in [-0.1, -0.05) is 11.6 Å². The molecule has 0 fully saturated rings. The van der Waals surface area contributed by atoms with Crippen LogP contribution in [0.1, 0.15) is 19.4 Å². The van der Waals surface area contributed by atoms with Crippen molar-refractivity contribution in [3.05, 3.63) is 51.3 Å². The second-order valence-corrected chi connectivity index (χ2v) is 6.00. The average molecular weight is 307 g/mol.